The maximum absolute atomic E-state index is 9.42. The summed E-state index contributed by atoms with van der Waals surface area (Å²) in [6.45, 7) is 0. The Morgan fingerprint density at radius 1 is 1.20 bits per heavy atom. The number of phenolic OH excluding ortho intramolecular Hbond substituents is 1. The molecule has 0 bridgehead atoms. The number of aromatic nitrogens is 2. The van der Waals surface area contributed by atoms with Crippen molar-refractivity contribution in [2.45, 2.75) is 4.43 Å². The van der Waals surface area contributed by atoms with Crippen molar-refractivity contribution < 1.29 is 5.11 Å². The average molecular weight is 443 g/mol. The van der Waals surface area contributed by atoms with Crippen LogP contribution in [0.5, 0.6) is 5.75 Å². The first-order valence-electron chi connectivity index (χ1n) is 7.43. The molecule has 124 valence electrons. The van der Waals surface area contributed by atoms with Crippen molar-refractivity contribution in [2.24, 2.45) is 4.99 Å². The van der Waals surface area contributed by atoms with Gasteiger partial charge < -0.3 is 10.4 Å². The third-order valence-corrected chi connectivity index (χ3v) is 4.35. The fourth-order valence-electron chi connectivity index (χ4n) is 2.14. The number of aliphatic imine (C=N–C) groups is 1. The van der Waals surface area contributed by atoms with Gasteiger partial charge in [-0.2, -0.15) is 10.4 Å². The van der Waals surface area contributed by atoms with Crippen molar-refractivity contribution in [3.63, 3.8) is 0 Å². The molecule has 7 heteroatoms. The monoisotopic (exact) mass is 443 g/mol. The Kier molecular flexibility index (Phi) is 5.30. The molecule has 3 aromatic rings. The second-order valence-corrected chi connectivity index (χ2v) is 5.98. The highest BCUT2D eigenvalue weighted by Gasteiger charge is 2.12. The number of nitriles is 1. The van der Waals surface area contributed by atoms with Gasteiger partial charge in [0.05, 0.1) is 0 Å². The first kappa shape index (κ1) is 17.0. The number of halogens is 1. The molecule has 0 aliphatic heterocycles. The zero-order chi connectivity index (χ0) is 17.6. The third-order valence-electron chi connectivity index (χ3n) is 3.47. The van der Waals surface area contributed by atoms with Crippen LogP contribution in [-0.2, 0) is 4.43 Å². The highest BCUT2D eigenvalue weighted by molar-refractivity contribution is 14.1. The number of alkyl halides is 1. The minimum atomic E-state index is 0.191. The molecular weight excluding hydrogens is 429 g/mol. The highest BCUT2D eigenvalue weighted by Crippen LogP contribution is 2.26. The van der Waals surface area contributed by atoms with Gasteiger partial charge in [-0.3, -0.25) is 5.10 Å². The van der Waals surface area contributed by atoms with E-state index in [0.717, 1.165) is 15.7 Å². The SMILES string of the molecule is N#Cc1c(Nc2ccc(CI)cc2)n[nH]c1/N=C/c1ccc(O)cc1. The summed E-state index contributed by atoms with van der Waals surface area (Å²) < 4.78 is 0.944. The molecule has 0 saturated heterocycles. The van der Waals surface area contributed by atoms with Gasteiger partial charge in [0.1, 0.15) is 17.4 Å². The van der Waals surface area contributed by atoms with E-state index in [0.29, 0.717) is 17.2 Å². The van der Waals surface area contributed by atoms with Crippen LogP contribution in [0.15, 0.2) is 53.5 Å². The molecule has 3 rings (SSSR count). The smallest absolute Gasteiger partial charge is 0.172 e. The van der Waals surface area contributed by atoms with E-state index in [1.807, 2.05) is 24.3 Å². The molecule has 0 aliphatic rings. The van der Waals surface area contributed by atoms with Gasteiger partial charge in [-0.15, -0.1) is 0 Å². The van der Waals surface area contributed by atoms with Crippen LogP contribution >= 0.6 is 22.6 Å². The molecule has 0 fully saturated rings. The van der Waals surface area contributed by atoms with Crippen molar-refractivity contribution in [2.75, 3.05) is 5.32 Å². The van der Waals surface area contributed by atoms with Crippen LogP contribution in [-0.4, -0.2) is 21.5 Å². The van der Waals surface area contributed by atoms with Crippen molar-refractivity contribution >= 4 is 46.1 Å². The summed E-state index contributed by atoms with van der Waals surface area (Å²) in [5.41, 5.74) is 3.23. The van der Waals surface area contributed by atoms with E-state index in [2.05, 4.69) is 49.2 Å². The molecule has 1 aromatic heterocycles. The lowest BCUT2D eigenvalue weighted by Gasteiger charge is -2.04. The summed E-state index contributed by atoms with van der Waals surface area (Å²) in [6.07, 6.45) is 1.60. The number of nitrogens with one attached hydrogen (secondary N) is 2. The first-order chi connectivity index (χ1) is 12.2. The van der Waals surface area contributed by atoms with Gasteiger partial charge in [0, 0.05) is 16.3 Å². The molecule has 0 atom stereocenters. The number of aromatic hydroxyl groups is 1. The molecule has 0 saturated carbocycles. The molecule has 25 heavy (non-hydrogen) atoms. The Hall–Kier alpha value is -2.86. The molecular formula is C18H14IN5O. The van der Waals surface area contributed by atoms with E-state index in [9.17, 15) is 10.4 Å². The van der Waals surface area contributed by atoms with Gasteiger partial charge in [-0.25, -0.2) is 4.99 Å². The minimum absolute atomic E-state index is 0.191. The predicted molar refractivity (Wildman–Crippen MR) is 106 cm³/mol. The predicted octanol–water partition coefficient (Wildman–Crippen LogP) is 4.42. The summed E-state index contributed by atoms with van der Waals surface area (Å²) in [7, 11) is 0. The summed E-state index contributed by atoms with van der Waals surface area (Å²) in [4.78, 5) is 4.28. The summed E-state index contributed by atoms with van der Waals surface area (Å²) in [5, 5.41) is 28.7. The maximum Gasteiger partial charge on any atom is 0.172 e. The molecule has 2 aromatic carbocycles. The third kappa shape index (κ3) is 4.16. The first-order valence-corrected chi connectivity index (χ1v) is 8.95. The topological polar surface area (TPSA) is 97.1 Å². The molecule has 0 aliphatic carbocycles. The van der Waals surface area contributed by atoms with Crippen LogP contribution < -0.4 is 5.32 Å². The minimum Gasteiger partial charge on any atom is -0.508 e. The lowest BCUT2D eigenvalue weighted by Crippen LogP contribution is -1.93. The van der Waals surface area contributed by atoms with Gasteiger partial charge in [0.2, 0.25) is 0 Å². The van der Waals surface area contributed by atoms with Crippen molar-refractivity contribution in [3.05, 3.63) is 65.2 Å². The van der Waals surface area contributed by atoms with Crippen LogP contribution in [0.1, 0.15) is 16.7 Å². The van der Waals surface area contributed by atoms with Gasteiger partial charge in [0.15, 0.2) is 11.6 Å². The Bertz CT molecular complexity index is 924. The molecule has 1 heterocycles. The lowest BCUT2D eigenvalue weighted by atomic mass is 10.2. The van der Waals surface area contributed by atoms with Crippen LogP contribution in [0.25, 0.3) is 0 Å². The molecule has 0 spiro atoms. The zero-order valence-corrected chi connectivity index (χ0v) is 15.2. The quantitative estimate of drug-likeness (QED) is 0.309. The molecule has 0 amide bonds. The number of nitrogens with zero attached hydrogens (tertiary/aromatic N) is 3. The Morgan fingerprint density at radius 3 is 2.56 bits per heavy atom. The number of H-pyrrole nitrogens is 1. The van der Waals surface area contributed by atoms with Crippen molar-refractivity contribution in [1.82, 2.24) is 10.2 Å². The van der Waals surface area contributed by atoms with E-state index in [4.69, 9.17) is 0 Å². The second kappa shape index (κ2) is 7.81. The van der Waals surface area contributed by atoms with Crippen LogP contribution in [0.3, 0.4) is 0 Å². The maximum atomic E-state index is 9.42. The zero-order valence-electron chi connectivity index (χ0n) is 13.1. The van der Waals surface area contributed by atoms with Gasteiger partial charge in [0.25, 0.3) is 0 Å². The number of anilines is 2. The average Bonchev–Trinajstić information content (AvgIpc) is 3.03. The van der Waals surface area contributed by atoms with E-state index < -0.39 is 0 Å². The second-order valence-electron chi connectivity index (χ2n) is 5.21. The molecule has 6 nitrogen and oxygen atoms in total. The van der Waals surface area contributed by atoms with Crippen molar-refractivity contribution in [3.8, 4) is 11.8 Å². The van der Waals surface area contributed by atoms with Gasteiger partial charge in [-0.05, 0) is 47.5 Å². The Morgan fingerprint density at radius 2 is 1.92 bits per heavy atom. The van der Waals surface area contributed by atoms with Crippen LogP contribution in [0.2, 0.25) is 0 Å². The van der Waals surface area contributed by atoms with E-state index in [1.165, 1.54) is 5.56 Å². The molecule has 3 N–H and O–H groups in total. The van der Waals surface area contributed by atoms with Crippen LogP contribution in [0, 0.1) is 11.3 Å². The van der Waals surface area contributed by atoms with E-state index >= 15 is 0 Å². The molecule has 0 unspecified atom stereocenters. The fraction of sp³-hybridized carbons (Fsp3) is 0.0556. The summed E-state index contributed by atoms with van der Waals surface area (Å²) >= 11 is 2.31. The number of hydrogen-bond acceptors (Lipinski definition) is 5. The van der Waals surface area contributed by atoms with Crippen molar-refractivity contribution in [1.29, 1.82) is 5.26 Å². The molecule has 0 radical (unpaired) electrons. The van der Waals surface area contributed by atoms with E-state index in [1.54, 1.807) is 30.5 Å². The fourth-order valence-corrected chi connectivity index (χ4v) is 2.64. The van der Waals surface area contributed by atoms with Gasteiger partial charge >= 0.3 is 0 Å². The summed E-state index contributed by atoms with van der Waals surface area (Å²) in [5.74, 6) is 1.00. The number of phenols is 1. The largest absolute Gasteiger partial charge is 0.508 e. The highest BCUT2D eigenvalue weighted by atomic mass is 127. The number of benzene rings is 2. The number of rotatable bonds is 5. The normalized spacial score (nSPS) is 10.7. The summed E-state index contributed by atoms with van der Waals surface area (Å²) in [6, 6.07) is 16.7. The lowest BCUT2D eigenvalue weighted by molar-refractivity contribution is 0.475. The number of hydrogen-bond donors (Lipinski definition) is 3. The Labute approximate surface area is 158 Å². The van der Waals surface area contributed by atoms with Gasteiger partial charge in [-0.1, -0.05) is 34.7 Å². The van der Waals surface area contributed by atoms with E-state index in [-0.39, 0.29) is 5.75 Å². The standard InChI is InChI=1S/C18H14IN5O/c19-9-12-1-5-14(6-2-12)22-18-16(10-20)17(23-24-18)21-11-13-3-7-15(25)8-4-13/h1-8,11,25H,9H2,(H2,22,23,24)/b21-11+. The Balaban J connectivity index is 1.80. The van der Waals surface area contributed by atoms with Crippen LogP contribution in [0.4, 0.5) is 17.3 Å². The number of aromatic amines is 1.